The van der Waals surface area contributed by atoms with Crippen LogP contribution >= 0.6 is 0 Å². The first-order chi connectivity index (χ1) is 8.76. The number of rotatable bonds is 5. The van der Waals surface area contributed by atoms with Crippen LogP contribution in [0.4, 0.5) is 0 Å². The Balaban J connectivity index is 1.83. The fourth-order valence-corrected chi connectivity index (χ4v) is 2.62. The van der Waals surface area contributed by atoms with Crippen LogP contribution in [0.1, 0.15) is 25.7 Å². The SMILES string of the molecule is COCCC1(CN=C(N)N2CCOCC2)CCC1. The highest BCUT2D eigenvalue weighted by atomic mass is 16.5. The highest BCUT2D eigenvalue weighted by Crippen LogP contribution is 2.44. The van der Waals surface area contributed by atoms with Crippen LogP contribution in [0.3, 0.4) is 0 Å². The molecule has 2 N–H and O–H groups in total. The van der Waals surface area contributed by atoms with Gasteiger partial charge in [-0.2, -0.15) is 0 Å². The van der Waals surface area contributed by atoms with E-state index in [1.54, 1.807) is 7.11 Å². The molecule has 104 valence electrons. The molecule has 0 amide bonds. The third-order valence-corrected chi connectivity index (χ3v) is 4.16. The van der Waals surface area contributed by atoms with Crippen molar-refractivity contribution in [1.29, 1.82) is 0 Å². The molecular formula is C13H25N3O2. The molecule has 1 aliphatic carbocycles. The number of aliphatic imine (C=N–C) groups is 1. The summed E-state index contributed by atoms with van der Waals surface area (Å²) >= 11 is 0. The van der Waals surface area contributed by atoms with E-state index >= 15 is 0 Å². The molecule has 18 heavy (non-hydrogen) atoms. The van der Waals surface area contributed by atoms with Crippen molar-refractivity contribution in [3.05, 3.63) is 0 Å². The van der Waals surface area contributed by atoms with Crippen LogP contribution in [0.5, 0.6) is 0 Å². The Bertz CT molecular complexity index is 284. The molecule has 2 fully saturated rings. The van der Waals surface area contributed by atoms with Crippen molar-refractivity contribution >= 4 is 5.96 Å². The molecule has 2 aliphatic rings. The fourth-order valence-electron chi connectivity index (χ4n) is 2.62. The minimum absolute atomic E-state index is 0.354. The fraction of sp³-hybridized carbons (Fsp3) is 0.923. The average Bonchev–Trinajstić information content (AvgIpc) is 2.38. The Morgan fingerprint density at radius 1 is 1.39 bits per heavy atom. The topological polar surface area (TPSA) is 60.1 Å². The molecule has 0 unspecified atom stereocenters. The second-order valence-corrected chi connectivity index (χ2v) is 5.37. The van der Waals surface area contributed by atoms with E-state index < -0.39 is 0 Å². The van der Waals surface area contributed by atoms with Crippen molar-refractivity contribution in [3.8, 4) is 0 Å². The van der Waals surface area contributed by atoms with Crippen LogP contribution in [0.15, 0.2) is 4.99 Å². The molecule has 2 rings (SSSR count). The predicted octanol–water partition coefficient (Wildman–Crippen LogP) is 0.840. The molecular weight excluding hydrogens is 230 g/mol. The maximum atomic E-state index is 6.05. The van der Waals surface area contributed by atoms with Gasteiger partial charge >= 0.3 is 0 Å². The van der Waals surface area contributed by atoms with Gasteiger partial charge in [0.2, 0.25) is 0 Å². The minimum Gasteiger partial charge on any atom is -0.385 e. The molecule has 1 saturated heterocycles. The van der Waals surface area contributed by atoms with Gasteiger partial charge < -0.3 is 20.1 Å². The number of morpholine rings is 1. The van der Waals surface area contributed by atoms with Gasteiger partial charge in [0, 0.05) is 33.4 Å². The van der Waals surface area contributed by atoms with Gasteiger partial charge in [-0.15, -0.1) is 0 Å². The van der Waals surface area contributed by atoms with Crippen molar-refractivity contribution in [3.63, 3.8) is 0 Å². The lowest BCUT2D eigenvalue weighted by Gasteiger charge is -2.41. The van der Waals surface area contributed by atoms with Gasteiger partial charge in [0.1, 0.15) is 0 Å². The Kier molecular flexibility index (Phi) is 4.83. The molecule has 0 spiro atoms. The van der Waals surface area contributed by atoms with E-state index in [4.69, 9.17) is 15.2 Å². The van der Waals surface area contributed by atoms with Crippen LogP contribution in [0, 0.1) is 5.41 Å². The van der Waals surface area contributed by atoms with Crippen molar-refractivity contribution in [2.24, 2.45) is 16.1 Å². The predicted molar refractivity (Wildman–Crippen MR) is 71.7 cm³/mol. The first-order valence-corrected chi connectivity index (χ1v) is 6.87. The summed E-state index contributed by atoms with van der Waals surface area (Å²) in [6.45, 7) is 4.91. The van der Waals surface area contributed by atoms with Gasteiger partial charge in [-0.3, -0.25) is 4.99 Å². The van der Waals surface area contributed by atoms with Crippen molar-refractivity contribution in [2.45, 2.75) is 25.7 Å². The number of ether oxygens (including phenoxy) is 2. The van der Waals surface area contributed by atoms with E-state index in [0.29, 0.717) is 11.4 Å². The third-order valence-electron chi connectivity index (χ3n) is 4.16. The molecule has 1 aliphatic heterocycles. The summed E-state index contributed by atoms with van der Waals surface area (Å²) < 4.78 is 10.5. The lowest BCUT2D eigenvalue weighted by Crippen LogP contribution is -2.45. The maximum absolute atomic E-state index is 6.05. The maximum Gasteiger partial charge on any atom is 0.191 e. The summed E-state index contributed by atoms with van der Waals surface area (Å²) in [5.74, 6) is 0.682. The van der Waals surface area contributed by atoms with E-state index in [-0.39, 0.29) is 0 Å². The lowest BCUT2D eigenvalue weighted by atomic mass is 9.67. The zero-order valence-electron chi connectivity index (χ0n) is 11.4. The van der Waals surface area contributed by atoms with Gasteiger partial charge in [0.25, 0.3) is 0 Å². The molecule has 5 heteroatoms. The number of hydrogen-bond acceptors (Lipinski definition) is 3. The minimum atomic E-state index is 0.354. The number of nitrogens with zero attached hydrogens (tertiary/aromatic N) is 2. The lowest BCUT2D eigenvalue weighted by molar-refractivity contribution is 0.0653. The summed E-state index contributed by atoms with van der Waals surface area (Å²) in [4.78, 5) is 6.72. The summed E-state index contributed by atoms with van der Waals surface area (Å²) in [5.41, 5.74) is 6.41. The van der Waals surface area contributed by atoms with Crippen molar-refractivity contribution < 1.29 is 9.47 Å². The van der Waals surface area contributed by atoms with Crippen LogP contribution in [-0.2, 0) is 9.47 Å². The van der Waals surface area contributed by atoms with Crippen molar-refractivity contribution in [2.75, 3.05) is 46.6 Å². The van der Waals surface area contributed by atoms with Crippen LogP contribution in [0.25, 0.3) is 0 Å². The highest BCUT2D eigenvalue weighted by Gasteiger charge is 2.36. The van der Waals surface area contributed by atoms with E-state index in [9.17, 15) is 0 Å². The van der Waals surface area contributed by atoms with E-state index in [1.165, 1.54) is 19.3 Å². The molecule has 0 aromatic heterocycles. The molecule has 0 bridgehead atoms. The second-order valence-electron chi connectivity index (χ2n) is 5.37. The molecule has 0 aromatic rings. The second kappa shape index (κ2) is 6.38. The van der Waals surface area contributed by atoms with E-state index in [2.05, 4.69) is 9.89 Å². The van der Waals surface area contributed by atoms with E-state index in [0.717, 1.165) is 45.9 Å². The third kappa shape index (κ3) is 3.36. The molecule has 0 atom stereocenters. The molecule has 1 saturated carbocycles. The summed E-state index contributed by atoms with van der Waals surface area (Å²) in [6, 6.07) is 0. The smallest absolute Gasteiger partial charge is 0.191 e. The van der Waals surface area contributed by atoms with Gasteiger partial charge in [0.05, 0.1) is 13.2 Å². The van der Waals surface area contributed by atoms with Crippen LogP contribution in [-0.4, -0.2) is 57.4 Å². The summed E-state index contributed by atoms with van der Waals surface area (Å²) in [6.07, 6.45) is 4.94. The van der Waals surface area contributed by atoms with Crippen LogP contribution < -0.4 is 5.73 Å². The standard InChI is InChI=1S/C13H25N3O2/c1-17-8-5-13(3-2-4-13)11-15-12(14)16-6-9-18-10-7-16/h2-11H2,1H3,(H2,14,15). The van der Waals surface area contributed by atoms with Crippen molar-refractivity contribution in [1.82, 2.24) is 4.90 Å². The quantitative estimate of drug-likeness (QED) is 0.584. The zero-order chi connectivity index (χ0) is 12.8. The number of guanidine groups is 1. The van der Waals surface area contributed by atoms with Gasteiger partial charge in [-0.05, 0) is 24.7 Å². The largest absolute Gasteiger partial charge is 0.385 e. The Labute approximate surface area is 109 Å². The van der Waals surface area contributed by atoms with Crippen LogP contribution in [0.2, 0.25) is 0 Å². The van der Waals surface area contributed by atoms with Gasteiger partial charge in [0.15, 0.2) is 5.96 Å². The molecule has 1 heterocycles. The Morgan fingerprint density at radius 2 is 2.11 bits per heavy atom. The average molecular weight is 255 g/mol. The summed E-state index contributed by atoms with van der Waals surface area (Å²) in [5, 5.41) is 0. The van der Waals surface area contributed by atoms with Gasteiger partial charge in [-0.1, -0.05) is 6.42 Å². The monoisotopic (exact) mass is 255 g/mol. The highest BCUT2D eigenvalue weighted by molar-refractivity contribution is 5.78. The summed E-state index contributed by atoms with van der Waals surface area (Å²) in [7, 11) is 1.76. The normalized spacial score (nSPS) is 23.8. The molecule has 5 nitrogen and oxygen atoms in total. The zero-order valence-corrected chi connectivity index (χ0v) is 11.4. The Hall–Kier alpha value is -0.810. The molecule has 0 radical (unpaired) electrons. The molecule has 0 aromatic carbocycles. The van der Waals surface area contributed by atoms with E-state index in [1.807, 2.05) is 0 Å². The first-order valence-electron chi connectivity index (χ1n) is 6.87. The number of nitrogens with two attached hydrogens (primary N) is 1. The van der Waals surface area contributed by atoms with Gasteiger partial charge in [-0.25, -0.2) is 0 Å². The number of methoxy groups -OCH3 is 1. The number of hydrogen-bond donors (Lipinski definition) is 1. The first kappa shape index (κ1) is 13.6. The Morgan fingerprint density at radius 3 is 2.67 bits per heavy atom.